The molecule has 0 radical (unpaired) electrons. The summed E-state index contributed by atoms with van der Waals surface area (Å²) >= 11 is 1.79. The molecule has 1 aromatic heterocycles. The Hall–Kier alpha value is -0.850. The minimum absolute atomic E-state index is 0.200. The Bertz CT molecular complexity index is 337. The van der Waals surface area contributed by atoms with E-state index in [4.69, 9.17) is 5.26 Å². The van der Waals surface area contributed by atoms with E-state index >= 15 is 0 Å². The fourth-order valence-corrected chi connectivity index (χ4v) is 2.79. The molecule has 2 nitrogen and oxygen atoms in total. The molecule has 68 valence electrons. The van der Waals surface area contributed by atoms with Crippen molar-refractivity contribution in [1.82, 2.24) is 5.32 Å². The molecule has 2 unspecified atom stereocenters. The van der Waals surface area contributed by atoms with Gasteiger partial charge in [-0.1, -0.05) is 0 Å². The van der Waals surface area contributed by atoms with Crippen molar-refractivity contribution in [1.29, 1.82) is 5.26 Å². The second kappa shape index (κ2) is 3.49. The minimum atomic E-state index is 0.200. The Morgan fingerprint density at radius 2 is 2.54 bits per heavy atom. The molecule has 1 N–H and O–H groups in total. The molecular weight excluding hydrogens is 180 g/mol. The maximum atomic E-state index is 8.76. The van der Waals surface area contributed by atoms with Gasteiger partial charge in [0.1, 0.15) is 0 Å². The van der Waals surface area contributed by atoms with Gasteiger partial charge in [-0.05, 0) is 30.4 Å². The zero-order valence-corrected chi connectivity index (χ0v) is 8.40. The third-order valence-corrected chi connectivity index (χ3v) is 3.66. The molecule has 0 aromatic carbocycles. The lowest BCUT2D eigenvalue weighted by molar-refractivity contribution is 0.647. The van der Waals surface area contributed by atoms with E-state index in [0.717, 1.165) is 13.0 Å². The lowest BCUT2D eigenvalue weighted by atomic mass is 10.1. The highest BCUT2D eigenvalue weighted by atomic mass is 32.1. The normalized spacial score (nSPS) is 27.4. The van der Waals surface area contributed by atoms with Crippen LogP contribution in [-0.2, 0) is 0 Å². The van der Waals surface area contributed by atoms with Crippen LogP contribution in [0.25, 0.3) is 0 Å². The highest BCUT2D eigenvalue weighted by molar-refractivity contribution is 7.10. The quantitative estimate of drug-likeness (QED) is 0.740. The fourth-order valence-electron chi connectivity index (χ4n) is 1.78. The first-order valence-corrected chi connectivity index (χ1v) is 5.36. The van der Waals surface area contributed by atoms with Gasteiger partial charge in [-0.15, -0.1) is 11.3 Å². The zero-order chi connectivity index (χ0) is 9.26. The van der Waals surface area contributed by atoms with Gasteiger partial charge in [0.2, 0.25) is 0 Å². The van der Waals surface area contributed by atoms with E-state index in [0.29, 0.717) is 6.04 Å². The molecule has 1 saturated heterocycles. The SMILES string of the molecule is Cc1ccsc1C1CC(C#N)CN1. The van der Waals surface area contributed by atoms with Crippen LogP contribution in [0.4, 0.5) is 0 Å². The van der Waals surface area contributed by atoms with Crippen molar-refractivity contribution in [3.8, 4) is 6.07 Å². The van der Waals surface area contributed by atoms with Crippen molar-refractivity contribution in [3.05, 3.63) is 21.9 Å². The highest BCUT2D eigenvalue weighted by Gasteiger charge is 2.26. The molecule has 3 heteroatoms. The summed E-state index contributed by atoms with van der Waals surface area (Å²) in [5, 5.41) is 14.3. The van der Waals surface area contributed by atoms with Gasteiger partial charge in [-0.3, -0.25) is 0 Å². The van der Waals surface area contributed by atoms with Crippen molar-refractivity contribution in [2.24, 2.45) is 5.92 Å². The van der Waals surface area contributed by atoms with Crippen LogP contribution in [0, 0.1) is 24.2 Å². The monoisotopic (exact) mass is 192 g/mol. The summed E-state index contributed by atoms with van der Waals surface area (Å²) in [6.07, 6.45) is 0.970. The molecule has 1 aliphatic rings. The van der Waals surface area contributed by atoms with Crippen LogP contribution in [-0.4, -0.2) is 6.54 Å². The summed E-state index contributed by atoms with van der Waals surface area (Å²) in [4.78, 5) is 1.40. The minimum Gasteiger partial charge on any atom is -0.308 e. The van der Waals surface area contributed by atoms with Gasteiger partial charge in [0.05, 0.1) is 12.0 Å². The molecule has 0 aliphatic carbocycles. The average Bonchev–Trinajstić information content (AvgIpc) is 2.71. The molecule has 2 rings (SSSR count). The number of nitriles is 1. The van der Waals surface area contributed by atoms with E-state index in [2.05, 4.69) is 29.8 Å². The van der Waals surface area contributed by atoms with Gasteiger partial charge in [-0.2, -0.15) is 5.26 Å². The number of rotatable bonds is 1. The molecule has 0 bridgehead atoms. The van der Waals surface area contributed by atoms with Gasteiger partial charge in [0, 0.05) is 17.5 Å². The Morgan fingerprint density at radius 3 is 3.08 bits per heavy atom. The van der Waals surface area contributed by atoms with Gasteiger partial charge in [-0.25, -0.2) is 0 Å². The first-order valence-electron chi connectivity index (χ1n) is 4.48. The number of aryl methyl sites for hydroxylation is 1. The van der Waals surface area contributed by atoms with Crippen molar-refractivity contribution in [2.45, 2.75) is 19.4 Å². The first kappa shape index (κ1) is 8.74. The lowest BCUT2D eigenvalue weighted by Gasteiger charge is -2.08. The molecule has 1 aromatic rings. The van der Waals surface area contributed by atoms with Crippen LogP contribution in [0.1, 0.15) is 22.9 Å². The molecule has 2 heterocycles. The van der Waals surface area contributed by atoms with Crippen molar-refractivity contribution >= 4 is 11.3 Å². The van der Waals surface area contributed by atoms with Crippen LogP contribution in [0.15, 0.2) is 11.4 Å². The summed E-state index contributed by atoms with van der Waals surface area (Å²) in [6, 6.07) is 4.88. The molecule has 0 spiro atoms. The van der Waals surface area contributed by atoms with Crippen LogP contribution in [0.2, 0.25) is 0 Å². The van der Waals surface area contributed by atoms with Gasteiger partial charge < -0.3 is 5.32 Å². The predicted molar refractivity (Wildman–Crippen MR) is 53.5 cm³/mol. The number of hydrogen-bond acceptors (Lipinski definition) is 3. The van der Waals surface area contributed by atoms with Crippen molar-refractivity contribution in [2.75, 3.05) is 6.54 Å². The van der Waals surface area contributed by atoms with Crippen molar-refractivity contribution < 1.29 is 0 Å². The fraction of sp³-hybridized carbons (Fsp3) is 0.500. The summed E-state index contributed by atoms with van der Waals surface area (Å²) in [5.41, 5.74) is 1.35. The van der Waals surface area contributed by atoms with E-state index in [9.17, 15) is 0 Å². The number of thiophene rings is 1. The smallest absolute Gasteiger partial charge is 0.0669 e. The second-order valence-corrected chi connectivity index (χ2v) is 4.44. The number of hydrogen-bond donors (Lipinski definition) is 1. The number of nitrogens with zero attached hydrogens (tertiary/aromatic N) is 1. The Morgan fingerprint density at radius 1 is 1.69 bits per heavy atom. The van der Waals surface area contributed by atoms with E-state index in [-0.39, 0.29) is 5.92 Å². The highest BCUT2D eigenvalue weighted by Crippen LogP contribution is 2.32. The summed E-state index contributed by atoms with van der Waals surface area (Å²) in [6.45, 7) is 2.98. The van der Waals surface area contributed by atoms with Crippen LogP contribution < -0.4 is 5.32 Å². The van der Waals surface area contributed by atoms with Gasteiger partial charge >= 0.3 is 0 Å². The Balaban J connectivity index is 2.13. The molecular formula is C10H12N2S. The van der Waals surface area contributed by atoms with Crippen LogP contribution in [0.3, 0.4) is 0 Å². The molecule has 2 atom stereocenters. The second-order valence-electron chi connectivity index (χ2n) is 3.49. The Kier molecular flexibility index (Phi) is 2.34. The summed E-state index contributed by atoms with van der Waals surface area (Å²) in [7, 11) is 0. The first-order chi connectivity index (χ1) is 6.31. The van der Waals surface area contributed by atoms with E-state index in [1.807, 2.05) is 0 Å². The zero-order valence-electron chi connectivity index (χ0n) is 7.58. The molecule has 1 fully saturated rings. The van der Waals surface area contributed by atoms with E-state index in [1.165, 1.54) is 10.4 Å². The molecule has 0 saturated carbocycles. The molecule has 0 amide bonds. The number of nitrogens with one attached hydrogen (secondary N) is 1. The van der Waals surface area contributed by atoms with Crippen molar-refractivity contribution in [3.63, 3.8) is 0 Å². The maximum absolute atomic E-state index is 8.76. The maximum Gasteiger partial charge on any atom is 0.0669 e. The average molecular weight is 192 g/mol. The van der Waals surface area contributed by atoms with E-state index < -0.39 is 0 Å². The summed E-state index contributed by atoms with van der Waals surface area (Å²) in [5.74, 6) is 0.200. The van der Waals surface area contributed by atoms with Crippen LogP contribution >= 0.6 is 11.3 Å². The molecule has 1 aliphatic heterocycles. The third-order valence-electron chi connectivity index (χ3n) is 2.53. The van der Waals surface area contributed by atoms with Gasteiger partial charge in [0.15, 0.2) is 0 Å². The van der Waals surface area contributed by atoms with Crippen LogP contribution in [0.5, 0.6) is 0 Å². The predicted octanol–water partition coefficient (Wildman–Crippen LogP) is 2.23. The standard InChI is InChI=1S/C10H12N2S/c1-7-2-3-13-10(7)9-4-8(5-11)6-12-9/h2-3,8-9,12H,4,6H2,1H3. The third kappa shape index (κ3) is 1.60. The Labute approximate surface area is 82.2 Å². The van der Waals surface area contributed by atoms with Gasteiger partial charge in [0.25, 0.3) is 0 Å². The molecule has 13 heavy (non-hydrogen) atoms. The van der Waals surface area contributed by atoms with E-state index in [1.54, 1.807) is 11.3 Å². The lowest BCUT2D eigenvalue weighted by Crippen LogP contribution is -2.13. The topological polar surface area (TPSA) is 35.8 Å². The largest absolute Gasteiger partial charge is 0.308 e. The summed E-state index contributed by atoms with van der Waals surface area (Å²) < 4.78 is 0.